The van der Waals surface area contributed by atoms with E-state index in [1.54, 1.807) is 0 Å². The Morgan fingerprint density at radius 3 is 2.65 bits per heavy atom. The molecule has 1 aliphatic heterocycles. The Hall–Kier alpha value is -0.130. The van der Waals surface area contributed by atoms with E-state index < -0.39 is 0 Å². The summed E-state index contributed by atoms with van der Waals surface area (Å²) in [5.41, 5.74) is 1.33. The Balaban J connectivity index is 2.03. The highest BCUT2D eigenvalue weighted by atomic mass is 127. The van der Waals surface area contributed by atoms with Gasteiger partial charge in [-0.3, -0.25) is 4.84 Å². The summed E-state index contributed by atoms with van der Waals surface area (Å²) < 4.78 is 1.08. The van der Waals surface area contributed by atoms with Crippen LogP contribution >= 0.6 is 22.6 Å². The lowest BCUT2D eigenvalue weighted by molar-refractivity contribution is -0.169. The van der Waals surface area contributed by atoms with Gasteiger partial charge in [0.25, 0.3) is 0 Å². The lowest BCUT2D eigenvalue weighted by Gasteiger charge is -2.25. The van der Waals surface area contributed by atoms with Gasteiger partial charge in [-0.1, -0.05) is 66.8 Å². The van der Waals surface area contributed by atoms with Crippen molar-refractivity contribution in [3.05, 3.63) is 35.9 Å². The van der Waals surface area contributed by atoms with Crippen LogP contribution in [-0.2, 0) is 11.4 Å². The number of halogens is 1. The highest BCUT2D eigenvalue weighted by Crippen LogP contribution is 2.29. The van der Waals surface area contributed by atoms with Crippen LogP contribution in [0.25, 0.3) is 0 Å². The Kier molecular flexibility index (Phi) is 4.82. The van der Waals surface area contributed by atoms with Crippen molar-refractivity contribution in [2.75, 3.05) is 4.43 Å². The minimum absolute atomic E-state index is 0.395. The summed E-state index contributed by atoms with van der Waals surface area (Å²) in [6.07, 6.45) is 1.56. The molecule has 1 aromatic carbocycles. The van der Waals surface area contributed by atoms with Crippen molar-refractivity contribution < 1.29 is 4.84 Å². The lowest BCUT2D eigenvalue weighted by Crippen LogP contribution is -2.31. The molecule has 1 fully saturated rings. The van der Waals surface area contributed by atoms with E-state index in [0.717, 1.165) is 17.4 Å². The maximum absolute atomic E-state index is 6.01. The van der Waals surface area contributed by atoms with Gasteiger partial charge < -0.3 is 0 Å². The van der Waals surface area contributed by atoms with Crippen molar-refractivity contribution in [2.24, 2.45) is 5.92 Å². The van der Waals surface area contributed by atoms with Gasteiger partial charge in [0, 0.05) is 17.0 Å². The summed E-state index contributed by atoms with van der Waals surface area (Å²) in [5, 5.41) is 2.18. The molecule has 94 valence electrons. The van der Waals surface area contributed by atoms with Crippen molar-refractivity contribution in [2.45, 2.75) is 39.0 Å². The van der Waals surface area contributed by atoms with Crippen LogP contribution in [0, 0.1) is 5.92 Å². The second-order valence-corrected chi connectivity index (χ2v) is 5.87. The third kappa shape index (κ3) is 3.42. The molecule has 1 aliphatic rings. The molecule has 0 bridgehead atoms. The highest BCUT2D eigenvalue weighted by molar-refractivity contribution is 14.1. The van der Waals surface area contributed by atoms with Crippen LogP contribution < -0.4 is 0 Å². The summed E-state index contributed by atoms with van der Waals surface area (Å²) in [6.45, 7) is 5.46. The quantitative estimate of drug-likeness (QED) is 0.610. The predicted octanol–water partition coefficient (Wildman–Crippen LogP) is 3.65. The van der Waals surface area contributed by atoms with Gasteiger partial charge in [0.15, 0.2) is 0 Å². The molecule has 1 heterocycles. The van der Waals surface area contributed by atoms with Gasteiger partial charge in [-0.15, -0.1) is 0 Å². The van der Waals surface area contributed by atoms with Gasteiger partial charge in [0.05, 0.1) is 6.10 Å². The molecule has 2 atom stereocenters. The van der Waals surface area contributed by atoms with Crippen molar-refractivity contribution in [3.8, 4) is 0 Å². The van der Waals surface area contributed by atoms with E-state index in [1.165, 1.54) is 5.56 Å². The van der Waals surface area contributed by atoms with Crippen LogP contribution in [0.1, 0.15) is 25.8 Å². The molecule has 0 saturated carbocycles. The van der Waals surface area contributed by atoms with Crippen molar-refractivity contribution in [1.82, 2.24) is 5.06 Å². The molecule has 0 amide bonds. The fourth-order valence-corrected chi connectivity index (χ4v) is 2.83. The minimum atomic E-state index is 0.395. The molecule has 2 rings (SSSR count). The molecule has 0 aliphatic carbocycles. The minimum Gasteiger partial charge on any atom is -0.294 e. The van der Waals surface area contributed by atoms with Crippen LogP contribution in [0.15, 0.2) is 30.3 Å². The highest BCUT2D eigenvalue weighted by Gasteiger charge is 2.34. The van der Waals surface area contributed by atoms with Crippen LogP contribution in [0.4, 0.5) is 0 Å². The zero-order valence-corrected chi connectivity index (χ0v) is 12.6. The summed E-state index contributed by atoms with van der Waals surface area (Å²) in [7, 11) is 0. The molecular weight excluding hydrogens is 325 g/mol. The van der Waals surface area contributed by atoms with Crippen molar-refractivity contribution in [1.29, 1.82) is 0 Å². The molecule has 2 unspecified atom stereocenters. The molecular formula is C14H20INO. The Morgan fingerprint density at radius 1 is 1.35 bits per heavy atom. The normalized spacial score (nSPS) is 25.6. The van der Waals surface area contributed by atoms with E-state index in [1.807, 2.05) is 0 Å². The topological polar surface area (TPSA) is 12.5 Å². The zero-order valence-electron chi connectivity index (χ0n) is 10.5. The van der Waals surface area contributed by atoms with Gasteiger partial charge >= 0.3 is 0 Å². The van der Waals surface area contributed by atoms with Crippen molar-refractivity contribution >= 4 is 22.6 Å². The number of hydrogen-bond acceptors (Lipinski definition) is 2. The number of hydrogen-bond donors (Lipinski definition) is 0. The predicted molar refractivity (Wildman–Crippen MR) is 79.0 cm³/mol. The second kappa shape index (κ2) is 6.16. The number of nitrogens with zero attached hydrogens (tertiary/aromatic N) is 1. The molecule has 3 heteroatoms. The number of benzene rings is 1. The van der Waals surface area contributed by atoms with Gasteiger partial charge in [-0.25, -0.2) is 0 Å². The van der Waals surface area contributed by atoms with Crippen molar-refractivity contribution in [3.63, 3.8) is 0 Å². The average molecular weight is 345 g/mol. The maximum Gasteiger partial charge on any atom is 0.0898 e. The monoisotopic (exact) mass is 345 g/mol. The third-order valence-corrected chi connectivity index (χ3v) is 4.26. The van der Waals surface area contributed by atoms with Crippen LogP contribution in [0.2, 0.25) is 0 Å². The van der Waals surface area contributed by atoms with Gasteiger partial charge in [0.2, 0.25) is 0 Å². The Morgan fingerprint density at radius 2 is 2.06 bits per heavy atom. The number of rotatable bonds is 4. The largest absolute Gasteiger partial charge is 0.294 e. The first-order valence-electron chi connectivity index (χ1n) is 6.24. The molecule has 0 N–H and O–H groups in total. The van der Waals surface area contributed by atoms with Gasteiger partial charge in [0.1, 0.15) is 0 Å². The Bertz CT molecular complexity index is 341. The fourth-order valence-electron chi connectivity index (χ4n) is 2.31. The average Bonchev–Trinajstić information content (AvgIpc) is 2.74. The first-order valence-corrected chi connectivity index (χ1v) is 7.76. The fraction of sp³-hybridized carbons (Fsp3) is 0.571. The SMILES string of the molecule is CC(C)C1CC(CI)ON1Cc1ccccc1. The first-order chi connectivity index (χ1) is 8.20. The van der Waals surface area contributed by atoms with Gasteiger partial charge in [-0.05, 0) is 17.9 Å². The van der Waals surface area contributed by atoms with Crippen LogP contribution in [0.3, 0.4) is 0 Å². The molecule has 1 saturated heterocycles. The summed E-state index contributed by atoms with van der Waals surface area (Å²) in [6, 6.07) is 11.1. The summed E-state index contributed by atoms with van der Waals surface area (Å²) >= 11 is 2.41. The van der Waals surface area contributed by atoms with Crippen LogP contribution in [0.5, 0.6) is 0 Å². The van der Waals surface area contributed by atoms with Crippen LogP contribution in [-0.4, -0.2) is 21.6 Å². The van der Waals surface area contributed by atoms with E-state index in [-0.39, 0.29) is 0 Å². The lowest BCUT2D eigenvalue weighted by atomic mass is 9.99. The van der Waals surface area contributed by atoms with E-state index in [2.05, 4.69) is 71.8 Å². The smallest absolute Gasteiger partial charge is 0.0898 e. The third-order valence-electron chi connectivity index (χ3n) is 3.28. The van der Waals surface area contributed by atoms with E-state index >= 15 is 0 Å². The molecule has 0 aromatic heterocycles. The molecule has 0 spiro atoms. The molecule has 2 nitrogen and oxygen atoms in total. The first kappa shape index (κ1) is 13.3. The summed E-state index contributed by atoms with van der Waals surface area (Å²) in [4.78, 5) is 6.01. The zero-order chi connectivity index (χ0) is 12.3. The van der Waals surface area contributed by atoms with E-state index in [4.69, 9.17) is 4.84 Å². The maximum atomic E-state index is 6.01. The van der Waals surface area contributed by atoms with Gasteiger partial charge in [-0.2, -0.15) is 5.06 Å². The number of hydroxylamine groups is 2. The van der Waals surface area contributed by atoms with E-state index in [0.29, 0.717) is 18.1 Å². The molecule has 0 radical (unpaired) electrons. The number of alkyl halides is 1. The van der Waals surface area contributed by atoms with E-state index in [9.17, 15) is 0 Å². The summed E-state index contributed by atoms with van der Waals surface area (Å²) in [5.74, 6) is 0.645. The second-order valence-electron chi connectivity index (χ2n) is 4.99. The Labute approximate surface area is 117 Å². The molecule has 17 heavy (non-hydrogen) atoms. The standard InChI is InChI=1S/C14H20INO/c1-11(2)14-8-13(9-15)17-16(14)10-12-6-4-3-5-7-12/h3-7,11,13-14H,8-10H2,1-2H3. The molecule has 1 aromatic rings.